The molecule has 0 unspecified atom stereocenters. The second kappa shape index (κ2) is 6.23. The van der Waals surface area contributed by atoms with E-state index in [1.807, 2.05) is 0 Å². The van der Waals surface area contributed by atoms with E-state index in [9.17, 15) is 0 Å². The first kappa shape index (κ1) is 19.3. The molecule has 0 saturated carbocycles. The summed E-state index contributed by atoms with van der Waals surface area (Å²) in [6.07, 6.45) is 3.44. The molecular weight excluding hydrogens is 381 g/mol. The zero-order chi connectivity index (χ0) is 7.94. The molecule has 0 heterocycles. The van der Waals surface area contributed by atoms with Crippen LogP contribution in [-0.4, -0.2) is 0 Å². The molecule has 0 aliphatic heterocycles. The summed E-state index contributed by atoms with van der Waals surface area (Å²) in [6.45, 7) is 10.9. The van der Waals surface area contributed by atoms with Crippen LogP contribution >= 0.6 is 24.8 Å². The molecule has 0 aromatic heterocycles. The van der Waals surface area contributed by atoms with Crippen LogP contribution in [-0.2, 0) is 19.8 Å². The van der Waals surface area contributed by atoms with Crippen molar-refractivity contribution in [1.82, 2.24) is 0 Å². The molecule has 0 bridgehead atoms. The van der Waals surface area contributed by atoms with E-state index in [4.69, 9.17) is 0 Å². The van der Waals surface area contributed by atoms with Crippen molar-refractivity contribution in [3.8, 4) is 0 Å². The van der Waals surface area contributed by atoms with Gasteiger partial charge in [0.2, 0.25) is 0 Å². The Morgan fingerprint density at radius 1 is 1.00 bits per heavy atom. The number of allylic oxidation sites excluding steroid dienone is 4. The van der Waals surface area contributed by atoms with Crippen LogP contribution in [0.3, 0.4) is 0 Å². The van der Waals surface area contributed by atoms with Gasteiger partial charge in [-0.25, -0.2) is 5.57 Å². The second-order valence-electron chi connectivity index (χ2n) is 3.62. The van der Waals surface area contributed by atoms with Gasteiger partial charge >= 0.3 is 19.8 Å². The van der Waals surface area contributed by atoms with E-state index in [1.54, 1.807) is 0 Å². The molecular formula is C10H17Cl2Os. The number of halogens is 2. The quantitative estimate of drug-likeness (QED) is 0.542. The molecule has 79 valence electrons. The summed E-state index contributed by atoms with van der Waals surface area (Å²) in [5, 5.41) is 0. The Morgan fingerprint density at radius 2 is 1.38 bits per heavy atom. The van der Waals surface area contributed by atoms with Crippen LogP contribution in [0.25, 0.3) is 0 Å². The molecule has 1 aliphatic carbocycles. The van der Waals surface area contributed by atoms with Crippen molar-refractivity contribution in [2.45, 2.75) is 34.6 Å². The second-order valence-corrected chi connectivity index (χ2v) is 3.62. The van der Waals surface area contributed by atoms with Gasteiger partial charge in [-0.2, -0.15) is 11.1 Å². The van der Waals surface area contributed by atoms with Gasteiger partial charge in [-0.3, -0.25) is 6.08 Å². The van der Waals surface area contributed by atoms with Gasteiger partial charge in [-0.05, 0) is 0 Å². The summed E-state index contributed by atoms with van der Waals surface area (Å²) in [7, 11) is 0. The van der Waals surface area contributed by atoms with Crippen LogP contribution in [0.4, 0.5) is 0 Å². The monoisotopic (exact) mass is 399 g/mol. The minimum absolute atomic E-state index is 0. The van der Waals surface area contributed by atoms with Crippen LogP contribution in [0.15, 0.2) is 16.7 Å². The first-order chi connectivity index (χ1) is 4.45. The predicted octanol–water partition coefficient (Wildman–Crippen LogP) is 3.95. The fraction of sp³-hybridized carbons (Fsp3) is 0.600. The number of hydrogen-bond acceptors (Lipinski definition) is 0. The van der Waals surface area contributed by atoms with Crippen molar-refractivity contribution in [3.05, 3.63) is 22.8 Å². The van der Waals surface area contributed by atoms with Crippen molar-refractivity contribution >= 4 is 24.8 Å². The average Bonchev–Trinajstić information content (AvgIpc) is 1.95. The Bertz CT molecular complexity index is 227. The third-order valence-electron chi connectivity index (χ3n) is 2.56. The summed E-state index contributed by atoms with van der Waals surface area (Å²) in [4.78, 5) is 0. The molecule has 1 radical (unpaired) electrons. The predicted molar refractivity (Wildman–Crippen MR) is 59.1 cm³/mol. The van der Waals surface area contributed by atoms with E-state index in [0.717, 1.165) is 0 Å². The Hall–Kier alpha value is 0.696. The van der Waals surface area contributed by atoms with E-state index in [2.05, 4.69) is 40.7 Å². The van der Waals surface area contributed by atoms with E-state index in [0.29, 0.717) is 0 Å². The Labute approximate surface area is 107 Å². The van der Waals surface area contributed by atoms with Crippen molar-refractivity contribution in [3.63, 3.8) is 0 Å². The topological polar surface area (TPSA) is 0 Å². The van der Waals surface area contributed by atoms with E-state index in [1.165, 1.54) is 16.7 Å². The molecule has 13 heavy (non-hydrogen) atoms. The fourth-order valence-corrected chi connectivity index (χ4v) is 1.41. The minimum atomic E-state index is 0. The number of hydrogen-bond donors (Lipinski definition) is 0. The van der Waals surface area contributed by atoms with Gasteiger partial charge in [0.15, 0.2) is 0 Å². The Kier molecular flexibility index (Phi) is 9.25. The molecule has 0 aromatic rings. The van der Waals surface area contributed by atoms with Crippen LogP contribution in [0.2, 0.25) is 0 Å². The van der Waals surface area contributed by atoms with E-state index < -0.39 is 0 Å². The molecule has 0 aromatic carbocycles. The third kappa shape index (κ3) is 3.74. The summed E-state index contributed by atoms with van der Waals surface area (Å²) in [5.74, 6) is 0. The van der Waals surface area contributed by atoms with Crippen LogP contribution < -0.4 is 0 Å². The molecule has 0 atom stereocenters. The SMILES string of the molecule is CC1=[C-]C(C)(C)C(C)=C1C.Cl.Cl.[Os+]. The summed E-state index contributed by atoms with van der Waals surface area (Å²) in [5.41, 5.74) is 4.39. The van der Waals surface area contributed by atoms with Crippen LogP contribution in [0.1, 0.15) is 34.6 Å². The van der Waals surface area contributed by atoms with Gasteiger partial charge in [0.25, 0.3) is 0 Å². The summed E-state index contributed by atoms with van der Waals surface area (Å²) >= 11 is 0. The fourth-order valence-electron chi connectivity index (χ4n) is 1.41. The molecule has 0 amide bonds. The van der Waals surface area contributed by atoms with E-state index >= 15 is 0 Å². The zero-order valence-corrected chi connectivity index (χ0v) is 12.8. The minimum Gasteiger partial charge on any atom is -0.263 e. The van der Waals surface area contributed by atoms with Crippen molar-refractivity contribution < 1.29 is 19.8 Å². The maximum atomic E-state index is 3.44. The molecule has 0 nitrogen and oxygen atoms in total. The van der Waals surface area contributed by atoms with Crippen molar-refractivity contribution in [2.75, 3.05) is 0 Å². The van der Waals surface area contributed by atoms with Gasteiger partial charge in [0.1, 0.15) is 0 Å². The molecule has 1 aliphatic rings. The molecule has 0 fully saturated rings. The molecule has 0 N–H and O–H groups in total. The normalized spacial score (nSPS) is 18.1. The average molecular weight is 398 g/mol. The maximum absolute atomic E-state index is 3.44. The first-order valence-corrected chi connectivity index (χ1v) is 3.75. The zero-order valence-electron chi connectivity index (χ0n) is 8.67. The molecule has 3 heteroatoms. The summed E-state index contributed by atoms with van der Waals surface area (Å²) < 4.78 is 0. The van der Waals surface area contributed by atoms with Gasteiger partial charge in [-0.1, -0.05) is 33.1 Å². The molecule has 0 spiro atoms. The van der Waals surface area contributed by atoms with Gasteiger partial charge in [-0.15, -0.1) is 31.7 Å². The van der Waals surface area contributed by atoms with E-state index in [-0.39, 0.29) is 50.0 Å². The molecule has 1 rings (SSSR count). The maximum Gasteiger partial charge on any atom is 1.00 e. The van der Waals surface area contributed by atoms with Crippen molar-refractivity contribution in [2.24, 2.45) is 5.41 Å². The largest absolute Gasteiger partial charge is 1.00 e. The number of rotatable bonds is 0. The van der Waals surface area contributed by atoms with Gasteiger partial charge in [0, 0.05) is 0 Å². The summed E-state index contributed by atoms with van der Waals surface area (Å²) in [6, 6.07) is 0. The van der Waals surface area contributed by atoms with Gasteiger partial charge in [0.05, 0.1) is 0 Å². The smallest absolute Gasteiger partial charge is 0.263 e. The Balaban J connectivity index is -0.000000333. The van der Waals surface area contributed by atoms with Crippen LogP contribution in [0.5, 0.6) is 0 Å². The standard InChI is InChI=1S/C10H15.2ClH.Os/c1-7-6-10(4,5)9(3)8(7)2;;;/h1-5H3;2*1H;/q-1;;;+1. The first-order valence-electron chi connectivity index (χ1n) is 3.75. The third-order valence-corrected chi connectivity index (χ3v) is 2.56. The van der Waals surface area contributed by atoms with Crippen molar-refractivity contribution in [1.29, 1.82) is 0 Å². The van der Waals surface area contributed by atoms with Crippen LogP contribution in [0, 0.1) is 11.5 Å². The molecule has 0 saturated heterocycles. The Morgan fingerprint density at radius 3 is 1.46 bits per heavy atom. The van der Waals surface area contributed by atoms with Gasteiger partial charge < -0.3 is 0 Å².